The SMILES string of the molecule is COc1cccc2c1O[C@H](c1ccc(Br)c(Br)c1)CC2=O. The number of benzene rings is 2. The molecule has 0 aliphatic carbocycles. The summed E-state index contributed by atoms with van der Waals surface area (Å²) in [5.41, 5.74) is 1.54. The molecular weight excluding hydrogens is 400 g/mol. The first-order chi connectivity index (χ1) is 10.1. The second-order valence-electron chi connectivity index (χ2n) is 4.74. The number of carbonyl (C=O) groups excluding carboxylic acids is 1. The van der Waals surface area contributed by atoms with Crippen LogP contribution in [0.15, 0.2) is 45.3 Å². The number of hydrogen-bond donors (Lipinski definition) is 0. The van der Waals surface area contributed by atoms with Crippen LogP contribution in [-0.4, -0.2) is 12.9 Å². The van der Waals surface area contributed by atoms with E-state index in [1.807, 2.05) is 18.2 Å². The van der Waals surface area contributed by atoms with Gasteiger partial charge >= 0.3 is 0 Å². The predicted molar refractivity (Wildman–Crippen MR) is 87.2 cm³/mol. The van der Waals surface area contributed by atoms with Gasteiger partial charge in [0, 0.05) is 8.95 Å². The predicted octanol–water partition coefficient (Wildman–Crippen LogP) is 4.93. The first kappa shape index (κ1) is 14.6. The summed E-state index contributed by atoms with van der Waals surface area (Å²) in [5, 5.41) is 0. The van der Waals surface area contributed by atoms with Crippen LogP contribution < -0.4 is 9.47 Å². The molecule has 0 N–H and O–H groups in total. The van der Waals surface area contributed by atoms with E-state index in [4.69, 9.17) is 9.47 Å². The van der Waals surface area contributed by atoms with E-state index in [1.165, 1.54) is 0 Å². The van der Waals surface area contributed by atoms with Crippen molar-refractivity contribution in [3.8, 4) is 11.5 Å². The molecule has 0 fully saturated rings. The summed E-state index contributed by atoms with van der Waals surface area (Å²) in [6.07, 6.45) is 0.0273. The molecule has 0 unspecified atom stereocenters. The summed E-state index contributed by atoms with van der Waals surface area (Å²) >= 11 is 6.91. The van der Waals surface area contributed by atoms with E-state index in [0.717, 1.165) is 14.5 Å². The van der Waals surface area contributed by atoms with Gasteiger partial charge < -0.3 is 9.47 Å². The minimum atomic E-state index is -0.300. The second kappa shape index (κ2) is 5.81. The van der Waals surface area contributed by atoms with Gasteiger partial charge in [0.25, 0.3) is 0 Å². The molecule has 108 valence electrons. The quantitative estimate of drug-likeness (QED) is 0.702. The van der Waals surface area contributed by atoms with Crippen LogP contribution in [-0.2, 0) is 0 Å². The summed E-state index contributed by atoms with van der Waals surface area (Å²) in [6.45, 7) is 0. The molecule has 5 heteroatoms. The van der Waals surface area contributed by atoms with Crippen molar-refractivity contribution < 1.29 is 14.3 Å². The van der Waals surface area contributed by atoms with Crippen LogP contribution in [0.4, 0.5) is 0 Å². The number of fused-ring (bicyclic) bond motifs is 1. The Morgan fingerprint density at radius 2 is 2.00 bits per heavy atom. The highest BCUT2D eigenvalue weighted by atomic mass is 79.9. The van der Waals surface area contributed by atoms with Crippen molar-refractivity contribution in [3.63, 3.8) is 0 Å². The van der Waals surface area contributed by atoms with Crippen LogP contribution in [0.25, 0.3) is 0 Å². The van der Waals surface area contributed by atoms with Crippen LogP contribution in [0.3, 0.4) is 0 Å². The fraction of sp³-hybridized carbons (Fsp3) is 0.188. The molecule has 3 nitrogen and oxygen atoms in total. The largest absolute Gasteiger partial charge is 0.493 e. The number of carbonyl (C=O) groups is 1. The van der Waals surface area contributed by atoms with Crippen LogP contribution in [0.1, 0.15) is 28.4 Å². The molecule has 1 aliphatic rings. The molecule has 2 aromatic carbocycles. The van der Waals surface area contributed by atoms with E-state index in [2.05, 4.69) is 31.9 Å². The summed E-state index contributed by atoms with van der Waals surface area (Å²) in [4.78, 5) is 12.3. The smallest absolute Gasteiger partial charge is 0.172 e. The summed E-state index contributed by atoms with van der Waals surface area (Å²) in [6, 6.07) is 11.2. The highest BCUT2D eigenvalue weighted by Crippen LogP contribution is 2.41. The number of ether oxygens (including phenoxy) is 2. The molecule has 0 aromatic heterocycles. The van der Waals surface area contributed by atoms with Crippen LogP contribution in [0, 0.1) is 0 Å². The molecule has 0 spiro atoms. The van der Waals surface area contributed by atoms with Crippen LogP contribution in [0.2, 0.25) is 0 Å². The molecule has 0 radical (unpaired) electrons. The van der Waals surface area contributed by atoms with Gasteiger partial charge in [-0.1, -0.05) is 12.1 Å². The average molecular weight is 412 g/mol. The standard InChI is InChI=1S/C16H12Br2O3/c1-20-14-4-2-3-10-13(19)8-15(21-16(10)14)9-5-6-11(17)12(18)7-9/h2-7,15H,8H2,1H3/t15-/m0/s1. The Bertz CT molecular complexity index is 713. The highest BCUT2D eigenvalue weighted by Gasteiger charge is 2.30. The Kier molecular flexibility index (Phi) is 4.04. The van der Waals surface area contributed by atoms with E-state index < -0.39 is 0 Å². The van der Waals surface area contributed by atoms with Crippen molar-refractivity contribution in [2.75, 3.05) is 7.11 Å². The Hall–Kier alpha value is -1.33. The molecule has 0 saturated carbocycles. The molecule has 0 saturated heterocycles. The lowest BCUT2D eigenvalue weighted by atomic mass is 9.96. The topological polar surface area (TPSA) is 35.5 Å². The molecule has 1 aliphatic heterocycles. The number of hydrogen-bond acceptors (Lipinski definition) is 3. The van der Waals surface area contributed by atoms with Crippen molar-refractivity contribution in [2.24, 2.45) is 0 Å². The lowest BCUT2D eigenvalue weighted by Crippen LogP contribution is -2.20. The minimum absolute atomic E-state index is 0.0687. The van der Waals surface area contributed by atoms with Crippen LogP contribution in [0.5, 0.6) is 11.5 Å². The first-order valence-corrected chi connectivity index (χ1v) is 8.00. The molecule has 0 bridgehead atoms. The fourth-order valence-corrected chi connectivity index (χ4v) is 3.02. The van der Waals surface area contributed by atoms with Gasteiger partial charge in [-0.2, -0.15) is 0 Å². The Morgan fingerprint density at radius 1 is 1.19 bits per heavy atom. The number of Topliss-reactive ketones (excluding diaryl/α,β-unsaturated/α-hetero) is 1. The lowest BCUT2D eigenvalue weighted by Gasteiger charge is -2.27. The monoisotopic (exact) mass is 410 g/mol. The molecule has 21 heavy (non-hydrogen) atoms. The summed E-state index contributed by atoms with van der Waals surface area (Å²) < 4.78 is 13.2. The van der Waals surface area contributed by atoms with Crippen molar-refractivity contribution in [3.05, 3.63) is 56.5 Å². The maximum Gasteiger partial charge on any atom is 0.172 e. The van der Waals surface area contributed by atoms with E-state index in [1.54, 1.807) is 25.3 Å². The van der Waals surface area contributed by atoms with Crippen molar-refractivity contribution >= 4 is 37.6 Å². The van der Waals surface area contributed by atoms with E-state index >= 15 is 0 Å². The normalized spacial score (nSPS) is 17.1. The third-order valence-electron chi connectivity index (χ3n) is 3.45. The van der Waals surface area contributed by atoms with E-state index in [9.17, 15) is 4.79 Å². The molecule has 1 atom stereocenters. The molecule has 1 heterocycles. The average Bonchev–Trinajstić information content (AvgIpc) is 2.49. The maximum absolute atomic E-state index is 12.3. The van der Waals surface area contributed by atoms with Gasteiger partial charge in [-0.3, -0.25) is 4.79 Å². The van der Waals surface area contributed by atoms with Crippen LogP contribution >= 0.6 is 31.9 Å². The van der Waals surface area contributed by atoms with Crippen molar-refractivity contribution in [2.45, 2.75) is 12.5 Å². The molecule has 2 aromatic rings. The van der Waals surface area contributed by atoms with Gasteiger partial charge in [0.2, 0.25) is 0 Å². The lowest BCUT2D eigenvalue weighted by molar-refractivity contribution is 0.0842. The zero-order valence-corrected chi connectivity index (χ0v) is 14.4. The molecular formula is C16H12Br2O3. The van der Waals surface area contributed by atoms with Gasteiger partial charge in [-0.25, -0.2) is 0 Å². The summed E-state index contributed by atoms with van der Waals surface area (Å²) in [7, 11) is 1.57. The third-order valence-corrected chi connectivity index (χ3v) is 5.33. The second-order valence-corrected chi connectivity index (χ2v) is 6.45. The first-order valence-electron chi connectivity index (χ1n) is 6.42. The zero-order chi connectivity index (χ0) is 15.0. The van der Waals surface area contributed by atoms with E-state index in [0.29, 0.717) is 23.5 Å². The van der Waals surface area contributed by atoms with Gasteiger partial charge in [-0.05, 0) is 61.7 Å². The minimum Gasteiger partial charge on any atom is -0.493 e. The number of ketones is 1. The Labute approximate surface area is 139 Å². The van der Waals surface area contributed by atoms with Gasteiger partial charge in [0.1, 0.15) is 6.10 Å². The Morgan fingerprint density at radius 3 is 2.71 bits per heavy atom. The number of halogens is 2. The molecule has 3 rings (SSSR count). The fourth-order valence-electron chi connectivity index (χ4n) is 2.38. The van der Waals surface area contributed by atoms with Crippen molar-refractivity contribution in [1.29, 1.82) is 0 Å². The van der Waals surface area contributed by atoms with Crippen molar-refractivity contribution in [1.82, 2.24) is 0 Å². The number of methoxy groups -OCH3 is 1. The number of para-hydroxylation sites is 1. The van der Waals surface area contributed by atoms with Gasteiger partial charge in [0.15, 0.2) is 17.3 Å². The highest BCUT2D eigenvalue weighted by molar-refractivity contribution is 9.13. The van der Waals surface area contributed by atoms with Gasteiger partial charge in [0.05, 0.1) is 19.1 Å². The maximum atomic E-state index is 12.3. The summed E-state index contributed by atoms with van der Waals surface area (Å²) in [5.74, 6) is 1.18. The molecule has 0 amide bonds. The zero-order valence-electron chi connectivity index (χ0n) is 11.2. The third kappa shape index (κ3) is 2.72. The van der Waals surface area contributed by atoms with E-state index in [-0.39, 0.29) is 11.9 Å². The number of rotatable bonds is 2. The Balaban J connectivity index is 2.01. The van der Waals surface area contributed by atoms with Gasteiger partial charge in [-0.15, -0.1) is 0 Å².